The molecule has 0 saturated heterocycles. The van der Waals surface area contributed by atoms with Crippen LogP contribution in [0.2, 0.25) is 0 Å². The summed E-state index contributed by atoms with van der Waals surface area (Å²) < 4.78 is 0. The number of anilines is 1. The van der Waals surface area contributed by atoms with Crippen molar-refractivity contribution >= 4 is 17.9 Å². The fourth-order valence-corrected chi connectivity index (χ4v) is 1.35. The van der Waals surface area contributed by atoms with Gasteiger partial charge in [0.15, 0.2) is 0 Å². The molecule has 0 aliphatic heterocycles. The Kier molecular flexibility index (Phi) is 3.44. The first-order chi connectivity index (χ1) is 7.04. The number of carbonyl (C=O) groups is 2. The van der Waals surface area contributed by atoms with Crippen LogP contribution in [-0.4, -0.2) is 17.4 Å². The third-order valence-corrected chi connectivity index (χ3v) is 2.14. The van der Waals surface area contributed by atoms with Gasteiger partial charge in [-0.1, -0.05) is 13.0 Å². The average molecular weight is 207 g/mol. The van der Waals surface area contributed by atoms with E-state index in [4.69, 9.17) is 10.8 Å². The first-order valence-corrected chi connectivity index (χ1v) is 4.61. The number of aldehydes is 1. The highest BCUT2D eigenvalue weighted by atomic mass is 16.4. The number of benzene rings is 1. The molecule has 1 unspecified atom stereocenters. The number of hydrogen-bond acceptors (Lipinski definition) is 3. The van der Waals surface area contributed by atoms with Crippen molar-refractivity contribution in [3.63, 3.8) is 0 Å². The monoisotopic (exact) mass is 207 g/mol. The maximum absolute atomic E-state index is 10.7. The summed E-state index contributed by atoms with van der Waals surface area (Å²) in [6, 6.07) is 4.74. The third kappa shape index (κ3) is 2.80. The minimum absolute atomic E-state index is 0.0833. The summed E-state index contributed by atoms with van der Waals surface area (Å²) in [6.07, 6.45) is 1.44. The molecule has 0 aliphatic rings. The number of aromatic carboxylic acids is 1. The van der Waals surface area contributed by atoms with Crippen LogP contribution in [0, 0.1) is 5.92 Å². The van der Waals surface area contributed by atoms with Crippen molar-refractivity contribution in [3.8, 4) is 0 Å². The SMILES string of the molecule is CC(C=O)Cc1ccc(C(=O)O)c(N)c1. The van der Waals surface area contributed by atoms with Crippen molar-refractivity contribution in [2.75, 3.05) is 5.73 Å². The molecular formula is C11H13NO3. The summed E-state index contributed by atoms with van der Waals surface area (Å²) in [4.78, 5) is 21.1. The molecular weight excluding hydrogens is 194 g/mol. The van der Waals surface area contributed by atoms with E-state index < -0.39 is 5.97 Å². The lowest BCUT2D eigenvalue weighted by Gasteiger charge is -2.06. The van der Waals surface area contributed by atoms with Gasteiger partial charge in [0.1, 0.15) is 6.29 Å². The lowest BCUT2D eigenvalue weighted by atomic mass is 10.0. The van der Waals surface area contributed by atoms with E-state index in [1.807, 2.05) is 0 Å². The molecule has 0 spiro atoms. The molecule has 1 aromatic carbocycles. The van der Waals surface area contributed by atoms with E-state index in [1.165, 1.54) is 6.07 Å². The van der Waals surface area contributed by atoms with Gasteiger partial charge in [0.2, 0.25) is 0 Å². The third-order valence-electron chi connectivity index (χ3n) is 2.14. The Hall–Kier alpha value is -1.84. The van der Waals surface area contributed by atoms with Crippen molar-refractivity contribution in [2.24, 2.45) is 5.92 Å². The lowest BCUT2D eigenvalue weighted by Crippen LogP contribution is -2.05. The second kappa shape index (κ2) is 4.59. The predicted molar refractivity (Wildman–Crippen MR) is 56.7 cm³/mol. The van der Waals surface area contributed by atoms with Gasteiger partial charge < -0.3 is 15.6 Å². The van der Waals surface area contributed by atoms with Crippen LogP contribution in [0.5, 0.6) is 0 Å². The van der Waals surface area contributed by atoms with E-state index in [1.54, 1.807) is 19.1 Å². The van der Waals surface area contributed by atoms with Crippen LogP contribution < -0.4 is 5.73 Å². The fourth-order valence-electron chi connectivity index (χ4n) is 1.35. The second-order valence-electron chi connectivity index (χ2n) is 3.54. The molecule has 0 radical (unpaired) electrons. The van der Waals surface area contributed by atoms with Crippen LogP contribution in [0.25, 0.3) is 0 Å². The molecule has 1 aromatic rings. The Labute approximate surface area is 87.7 Å². The molecule has 4 nitrogen and oxygen atoms in total. The molecule has 3 N–H and O–H groups in total. The smallest absolute Gasteiger partial charge is 0.337 e. The first kappa shape index (κ1) is 11.2. The molecule has 0 saturated carbocycles. The van der Waals surface area contributed by atoms with Crippen LogP contribution in [0.3, 0.4) is 0 Å². The summed E-state index contributed by atoms with van der Waals surface area (Å²) in [5, 5.41) is 8.75. The van der Waals surface area contributed by atoms with Crippen LogP contribution in [-0.2, 0) is 11.2 Å². The molecule has 4 heteroatoms. The average Bonchev–Trinajstić information content (AvgIpc) is 2.17. The Morgan fingerprint density at radius 3 is 2.73 bits per heavy atom. The number of rotatable bonds is 4. The minimum atomic E-state index is -1.04. The van der Waals surface area contributed by atoms with Gasteiger partial charge in [0.05, 0.1) is 5.56 Å². The van der Waals surface area contributed by atoms with Crippen LogP contribution >= 0.6 is 0 Å². The minimum Gasteiger partial charge on any atom is -0.478 e. The highest BCUT2D eigenvalue weighted by molar-refractivity contribution is 5.93. The van der Waals surface area contributed by atoms with E-state index in [0.29, 0.717) is 6.42 Å². The van der Waals surface area contributed by atoms with Gasteiger partial charge in [-0.25, -0.2) is 4.79 Å². The first-order valence-electron chi connectivity index (χ1n) is 4.61. The summed E-state index contributed by atoms with van der Waals surface area (Å²) in [5.41, 5.74) is 6.77. The number of carboxylic acid groups (broad SMARTS) is 1. The van der Waals surface area contributed by atoms with E-state index >= 15 is 0 Å². The van der Waals surface area contributed by atoms with Crippen molar-refractivity contribution in [1.82, 2.24) is 0 Å². The summed E-state index contributed by atoms with van der Waals surface area (Å²) in [6.45, 7) is 1.80. The Morgan fingerprint density at radius 2 is 2.27 bits per heavy atom. The zero-order valence-corrected chi connectivity index (χ0v) is 8.43. The zero-order valence-electron chi connectivity index (χ0n) is 8.43. The number of carbonyl (C=O) groups excluding carboxylic acids is 1. The molecule has 0 aromatic heterocycles. The lowest BCUT2D eigenvalue weighted by molar-refractivity contribution is -0.110. The molecule has 0 fully saturated rings. The van der Waals surface area contributed by atoms with Gasteiger partial charge in [0.25, 0.3) is 0 Å². The number of nitrogens with two attached hydrogens (primary N) is 1. The quantitative estimate of drug-likeness (QED) is 0.576. The van der Waals surface area contributed by atoms with E-state index in [9.17, 15) is 9.59 Å². The topological polar surface area (TPSA) is 80.4 Å². The predicted octanol–water partition coefficient (Wildman–Crippen LogP) is 1.34. The van der Waals surface area contributed by atoms with Gasteiger partial charge in [-0.3, -0.25) is 0 Å². The van der Waals surface area contributed by atoms with Crippen molar-refractivity contribution in [2.45, 2.75) is 13.3 Å². The second-order valence-corrected chi connectivity index (χ2v) is 3.54. The van der Waals surface area contributed by atoms with Crippen molar-refractivity contribution in [1.29, 1.82) is 0 Å². The van der Waals surface area contributed by atoms with Gasteiger partial charge >= 0.3 is 5.97 Å². The Balaban J connectivity index is 2.91. The van der Waals surface area contributed by atoms with Crippen molar-refractivity contribution < 1.29 is 14.7 Å². The molecule has 0 heterocycles. The molecule has 0 bridgehead atoms. The van der Waals surface area contributed by atoms with E-state index in [2.05, 4.69) is 0 Å². The van der Waals surface area contributed by atoms with Crippen LogP contribution in [0.4, 0.5) is 5.69 Å². The maximum Gasteiger partial charge on any atom is 0.337 e. The molecule has 0 amide bonds. The molecule has 15 heavy (non-hydrogen) atoms. The largest absolute Gasteiger partial charge is 0.478 e. The van der Waals surface area contributed by atoms with E-state index in [0.717, 1.165) is 11.8 Å². The van der Waals surface area contributed by atoms with Crippen molar-refractivity contribution in [3.05, 3.63) is 29.3 Å². The molecule has 1 atom stereocenters. The highest BCUT2D eigenvalue weighted by Gasteiger charge is 2.09. The number of nitrogen functional groups attached to an aromatic ring is 1. The highest BCUT2D eigenvalue weighted by Crippen LogP contribution is 2.16. The molecule has 0 aliphatic carbocycles. The van der Waals surface area contributed by atoms with Crippen LogP contribution in [0.15, 0.2) is 18.2 Å². The Bertz CT molecular complexity index is 387. The van der Waals surface area contributed by atoms with E-state index in [-0.39, 0.29) is 17.2 Å². The van der Waals surface area contributed by atoms with Gasteiger partial charge in [-0.15, -0.1) is 0 Å². The summed E-state index contributed by atoms with van der Waals surface area (Å²) in [7, 11) is 0. The number of carboxylic acids is 1. The fraction of sp³-hybridized carbons (Fsp3) is 0.273. The van der Waals surface area contributed by atoms with Gasteiger partial charge in [0, 0.05) is 11.6 Å². The standard InChI is InChI=1S/C11H13NO3/c1-7(6-13)4-8-2-3-9(11(14)15)10(12)5-8/h2-3,5-7H,4,12H2,1H3,(H,14,15). The summed E-state index contributed by atoms with van der Waals surface area (Å²) in [5.74, 6) is -1.12. The normalized spacial score (nSPS) is 12.1. The van der Waals surface area contributed by atoms with Gasteiger partial charge in [-0.05, 0) is 24.1 Å². The molecule has 1 rings (SSSR count). The van der Waals surface area contributed by atoms with Gasteiger partial charge in [-0.2, -0.15) is 0 Å². The zero-order chi connectivity index (χ0) is 11.4. The number of hydrogen-bond donors (Lipinski definition) is 2. The Morgan fingerprint density at radius 1 is 1.60 bits per heavy atom. The van der Waals surface area contributed by atoms with Crippen LogP contribution in [0.1, 0.15) is 22.8 Å². The molecule has 80 valence electrons. The summed E-state index contributed by atoms with van der Waals surface area (Å²) >= 11 is 0. The maximum atomic E-state index is 10.7.